The van der Waals surface area contributed by atoms with Gasteiger partial charge in [-0.2, -0.15) is 0 Å². The summed E-state index contributed by atoms with van der Waals surface area (Å²) in [5, 5.41) is 10.6. The Labute approximate surface area is 581 Å². The summed E-state index contributed by atoms with van der Waals surface area (Å²) < 4.78 is 68.4. The van der Waals surface area contributed by atoms with Crippen molar-refractivity contribution in [1.82, 2.24) is 0 Å². The molecule has 0 rings (SSSR count). The highest BCUT2D eigenvalue weighted by molar-refractivity contribution is 7.47. The third kappa shape index (κ3) is 70.3. The molecule has 0 aromatic carbocycles. The van der Waals surface area contributed by atoms with Crippen molar-refractivity contribution in [1.29, 1.82) is 0 Å². The highest BCUT2D eigenvalue weighted by atomic mass is 31.2. The van der Waals surface area contributed by atoms with Crippen molar-refractivity contribution in [3.63, 3.8) is 0 Å². The van der Waals surface area contributed by atoms with E-state index in [0.29, 0.717) is 25.7 Å². The summed E-state index contributed by atoms with van der Waals surface area (Å²) in [6, 6.07) is 0. The Morgan fingerprint density at radius 1 is 0.284 bits per heavy atom. The minimum absolute atomic E-state index is 0.104. The molecule has 0 aromatic rings. The molecule has 0 saturated carbocycles. The molecule has 0 heterocycles. The van der Waals surface area contributed by atoms with Crippen LogP contribution < -0.4 is 0 Å². The van der Waals surface area contributed by atoms with Gasteiger partial charge in [0.2, 0.25) is 0 Å². The zero-order valence-electron chi connectivity index (χ0n) is 62.0. The average Bonchev–Trinajstić information content (AvgIpc) is 1.87. The second-order valence-corrected chi connectivity index (χ2v) is 31.3. The first-order valence-corrected chi connectivity index (χ1v) is 42.5. The van der Waals surface area contributed by atoms with E-state index in [0.717, 1.165) is 115 Å². The summed E-state index contributed by atoms with van der Waals surface area (Å²) in [5.41, 5.74) is 0. The van der Waals surface area contributed by atoms with E-state index < -0.39 is 97.5 Å². The Morgan fingerprint density at radius 2 is 0.484 bits per heavy atom. The molecule has 0 aliphatic heterocycles. The van der Waals surface area contributed by atoms with Crippen molar-refractivity contribution >= 4 is 39.5 Å². The summed E-state index contributed by atoms with van der Waals surface area (Å²) in [7, 11) is -9.90. The summed E-state index contributed by atoms with van der Waals surface area (Å²) in [6.07, 6.45) is 55.8. The van der Waals surface area contributed by atoms with Gasteiger partial charge in [-0.1, -0.05) is 343 Å². The second-order valence-electron chi connectivity index (χ2n) is 28.3. The van der Waals surface area contributed by atoms with Gasteiger partial charge in [-0.05, 0) is 37.5 Å². The summed E-state index contributed by atoms with van der Waals surface area (Å²) in [6.45, 7) is 9.55. The van der Waals surface area contributed by atoms with Crippen molar-refractivity contribution in [2.45, 2.75) is 413 Å². The predicted molar refractivity (Wildman–Crippen MR) is 386 cm³/mol. The summed E-state index contributed by atoms with van der Waals surface area (Å²) in [4.78, 5) is 72.6. The van der Waals surface area contributed by atoms with Crippen molar-refractivity contribution in [2.24, 2.45) is 11.8 Å². The van der Waals surface area contributed by atoms with Crippen LogP contribution in [0, 0.1) is 11.8 Å². The molecular formula is C76H148O17P2. The first-order valence-electron chi connectivity index (χ1n) is 39.5. The van der Waals surface area contributed by atoms with Crippen LogP contribution in [0.4, 0.5) is 0 Å². The number of aliphatic hydroxyl groups is 1. The molecule has 19 heteroatoms. The monoisotopic (exact) mass is 1400 g/mol. The van der Waals surface area contributed by atoms with Crippen LogP contribution in [0.25, 0.3) is 0 Å². The van der Waals surface area contributed by atoms with E-state index in [9.17, 15) is 43.2 Å². The fourth-order valence-corrected chi connectivity index (χ4v) is 13.2. The van der Waals surface area contributed by atoms with Gasteiger partial charge >= 0.3 is 39.5 Å². The van der Waals surface area contributed by atoms with Crippen molar-refractivity contribution < 1.29 is 80.2 Å². The SMILES string of the molecule is CCCCCCCCCCCCCCCCCCC(=O)OC[C@H](COP(=O)(O)OC[C@@H](O)COP(=O)(O)OC[C@@H](COC(=O)CCCCCCCCC)OC(=O)CCCCCCCCCCC(C)C)OC(=O)CCCCCCCCCCCCCCCCCCCCC(C)C. The Morgan fingerprint density at radius 3 is 0.716 bits per heavy atom. The Kier molecular flexibility index (Phi) is 66.5. The fraction of sp³-hybridized carbons (Fsp3) is 0.947. The van der Waals surface area contributed by atoms with Gasteiger partial charge in [-0.3, -0.25) is 37.3 Å². The van der Waals surface area contributed by atoms with Gasteiger partial charge < -0.3 is 33.8 Å². The van der Waals surface area contributed by atoms with Crippen molar-refractivity contribution in [3.05, 3.63) is 0 Å². The number of hydrogen-bond donors (Lipinski definition) is 3. The van der Waals surface area contributed by atoms with Crippen LogP contribution in [-0.4, -0.2) is 96.7 Å². The topological polar surface area (TPSA) is 237 Å². The number of carbonyl (C=O) groups is 4. The molecule has 95 heavy (non-hydrogen) atoms. The van der Waals surface area contributed by atoms with Gasteiger partial charge in [-0.15, -0.1) is 0 Å². The van der Waals surface area contributed by atoms with E-state index in [2.05, 4.69) is 41.5 Å². The molecule has 0 fully saturated rings. The van der Waals surface area contributed by atoms with E-state index >= 15 is 0 Å². The molecule has 0 amide bonds. The molecule has 0 aliphatic rings. The number of hydrogen-bond acceptors (Lipinski definition) is 15. The van der Waals surface area contributed by atoms with Crippen LogP contribution in [0.1, 0.15) is 395 Å². The Hall–Kier alpha value is -1.94. The van der Waals surface area contributed by atoms with Crippen LogP contribution in [0.2, 0.25) is 0 Å². The van der Waals surface area contributed by atoms with Crippen LogP contribution in [0.15, 0.2) is 0 Å². The number of unbranched alkanes of at least 4 members (excludes halogenated alkanes) is 45. The van der Waals surface area contributed by atoms with Crippen LogP contribution in [0.5, 0.6) is 0 Å². The minimum Gasteiger partial charge on any atom is -0.462 e. The molecule has 0 saturated heterocycles. The largest absolute Gasteiger partial charge is 0.472 e. The highest BCUT2D eigenvalue weighted by Crippen LogP contribution is 2.45. The molecule has 0 aliphatic carbocycles. The van der Waals surface area contributed by atoms with Gasteiger partial charge in [-0.25, -0.2) is 9.13 Å². The Bertz CT molecular complexity index is 1840. The van der Waals surface area contributed by atoms with E-state index in [1.54, 1.807) is 0 Å². The second kappa shape index (κ2) is 67.9. The minimum atomic E-state index is -4.96. The normalized spacial score (nSPS) is 14.0. The fourth-order valence-electron chi connectivity index (χ4n) is 11.7. The first-order chi connectivity index (χ1) is 45.9. The summed E-state index contributed by atoms with van der Waals surface area (Å²) in [5.74, 6) is -0.583. The van der Waals surface area contributed by atoms with E-state index in [1.165, 1.54) is 199 Å². The van der Waals surface area contributed by atoms with Crippen molar-refractivity contribution in [2.75, 3.05) is 39.6 Å². The quantitative estimate of drug-likeness (QED) is 0.0222. The highest BCUT2D eigenvalue weighted by Gasteiger charge is 2.30. The predicted octanol–water partition coefficient (Wildman–Crippen LogP) is 22.3. The van der Waals surface area contributed by atoms with Gasteiger partial charge in [0.05, 0.1) is 26.4 Å². The molecule has 17 nitrogen and oxygen atoms in total. The maximum Gasteiger partial charge on any atom is 0.472 e. The number of rotatable bonds is 75. The number of phosphoric ester groups is 2. The molecule has 2 unspecified atom stereocenters. The van der Waals surface area contributed by atoms with E-state index in [4.69, 9.17) is 37.0 Å². The maximum absolute atomic E-state index is 13.1. The van der Waals surface area contributed by atoms with Crippen LogP contribution in [0.3, 0.4) is 0 Å². The van der Waals surface area contributed by atoms with E-state index in [1.807, 2.05) is 0 Å². The van der Waals surface area contributed by atoms with Gasteiger partial charge in [0.1, 0.15) is 19.3 Å². The van der Waals surface area contributed by atoms with Gasteiger partial charge in [0.25, 0.3) is 0 Å². The number of esters is 4. The lowest BCUT2D eigenvalue weighted by molar-refractivity contribution is -0.161. The van der Waals surface area contributed by atoms with E-state index in [-0.39, 0.29) is 25.7 Å². The number of ether oxygens (including phenoxy) is 4. The molecule has 3 N–H and O–H groups in total. The Balaban J connectivity index is 5.16. The zero-order valence-corrected chi connectivity index (χ0v) is 63.8. The lowest BCUT2D eigenvalue weighted by Crippen LogP contribution is -2.30. The lowest BCUT2D eigenvalue weighted by atomic mass is 10.0. The third-order valence-corrected chi connectivity index (χ3v) is 19.6. The van der Waals surface area contributed by atoms with Gasteiger partial charge in [0.15, 0.2) is 12.2 Å². The number of carbonyl (C=O) groups excluding carboxylic acids is 4. The zero-order chi connectivity index (χ0) is 70.0. The molecule has 0 bridgehead atoms. The lowest BCUT2D eigenvalue weighted by Gasteiger charge is -2.21. The molecule has 5 atom stereocenters. The standard InChI is InChI=1S/C76H148O17P2/c1-7-9-11-13-15-16-17-18-19-25-28-31-34-41-47-53-59-74(79)87-65-72(92-75(80)60-54-48-42-35-32-29-26-23-21-20-22-24-27-30-33-39-44-50-56-68(3)4)67-91-95(84,85)89-63-70(77)62-88-94(82,83)90-66-71(64-86-73(78)58-52-46-38-14-12-10-8-2)93-76(81)61-55-49-43-37-36-40-45-51-57-69(5)6/h68-72,77H,7-67H2,1-6H3,(H,82,83)(H,84,85)/t70-,71+,72+/m0/s1. The molecule has 564 valence electrons. The smallest absolute Gasteiger partial charge is 0.462 e. The average molecular weight is 1400 g/mol. The first kappa shape index (κ1) is 93.1. The number of aliphatic hydroxyl groups excluding tert-OH is 1. The number of phosphoric acid groups is 2. The molecule has 0 spiro atoms. The van der Waals surface area contributed by atoms with Crippen LogP contribution in [-0.2, 0) is 65.4 Å². The van der Waals surface area contributed by atoms with Crippen LogP contribution >= 0.6 is 15.6 Å². The third-order valence-electron chi connectivity index (χ3n) is 17.7. The maximum atomic E-state index is 13.1. The molecular weight excluding hydrogens is 1250 g/mol. The van der Waals surface area contributed by atoms with Crippen molar-refractivity contribution in [3.8, 4) is 0 Å². The van der Waals surface area contributed by atoms with Gasteiger partial charge in [0, 0.05) is 25.7 Å². The molecule has 0 radical (unpaired) electrons. The summed E-state index contributed by atoms with van der Waals surface area (Å²) >= 11 is 0. The molecule has 0 aromatic heterocycles.